The van der Waals surface area contributed by atoms with Crippen LogP contribution in [0.15, 0.2) is 36.8 Å². The highest BCUT2D eigenvalue weighted by Crippen LogP contribution is 2.29. The number of imidazole rings is 1. The largest absolute Gasteiger partial charge is 0.388 e. The van der Waals surface area contributed by atoms with Gasteiger partial charge in [-0.1, -0.05) is 0 Å². The zero-order chi connectivity index (χ0) is 19.9. The first-order valence-electron chi connectivity index (χ1n) is 10.1. The number of hydrogen-bond donors (Lipinski definition) is 1. The summed E-state index contributed by atoms with van der Waals surface area (Å²) in [5, 5.41) is 12.1. The monoisotopic (exact) mass is 384 g/mol. The number of nitrogens with zero attached hydrogens (tertiary/aromatic N) is 4. The van der Waals surface area contributed by atoms with E-state index >= 15 is 0 Å². The molecule has 0 saturated carbocycles. The molecule has 1 aliphatic rings. The molecule has 0 unspecified atom stereocenters. The molecule has 6 heteroatoms. The lowest BCUT2D eigenvalue weighted by Crippen LogP contribution is -2.46. The van der Waals surface area contributed by atoms with Gasteiger partial charge in [-0.2, -0.15) is 0 Å². The summed E-state index contributed by atoms with van der Waals surface area (Å²) in [6.07, 6.45) is 7.34. The predicted octanol–water partition coefficient (Wildman–Crippen LogP) is 3.89. The summed E-state index contributed by atoms with van der Waals surface area (Å²) in [4.78, 5) is 6.63. The molecule has 0 amide bonds. The molecule has 28 heavy (non-hydrogen) atoms. The van der Waals surface area contributed by atoms with Gasteiger partial charge in [-0.15, -0.1) is 0 Å². The number of halogens is 1. The normalized spacial score (nSPS) is 17.6. The highest BCUT2D eigenvalue weighted by molar-refractivity contribution is 5.84. The van der Waals surface area contributed by atoms with Gasteiger partial charge in [-0.3, -0.25) is 4.90 Å². The molecule has 1 N–H and O–H groups in total. The van der Waals surface area contributed by atoms with E-state index in [0.717, 1.165) is 49.2 Å². The minimum absolute atomic E-state index is 0.197. The summed E-state index contributed by atoms with van der Waals surface area (Å²) in [6.45, 7) is 9.31. The first-order valence-corrected chi connectivity index (χ1v) is 10.1. The first-order chi connectivity index (χ1) is 13.3. The molecule has 0 aliphatic carbocycles. The van der Waals surface area contributed by atoms with Crippen molar-refractivity contribution in [3.63, 3.8) is 0 Å². The van der Waals surface area contributed by atoms with Gasteiger partial charge in [0, 0.05) is 49.7 Å². The lowest BCUT2D eigenvalue weighted by molar-refractivity contribution is -0.0360. The lowest BCUT2D eigenvalue weighted by Gasteiger charge is -2.38. The van der Waals surface area contributed by atoms with Gasteiger partial charge in [0.15, 0.2) is 0 Å². The Hall–Kier alpha value is -2.18. The number of rotatable bonds is 5. The zero-order valence-electron chi connectivity index (χ0n) is 16.9. The summed E-state index contributed by atoms with van der Waals surface area (Å²) < 4.78 is 17.9. The van der Waals surface area contributed by atoms with Crippen LogP contribution in [-0.2, 0) is 13.1 Å². The fourth-order valence-corrected chi connectivity index (χ4v) is 4.26. The van der Waals surface area contributed by atoms with E-state index in [-0.39, 0.29) is 11.9 Å². The van der Waals surface area contributed by atoms with Crippen molar-refractivity contribution in [2.45, 2.75) is 58.3 Å². The highest BCUT2D eigenvalue weighted by Gasteiger charge is 2.33. The van der Waals surface area contributed by atoms with Crippen molar-refractivity contribution >= 4 is 10.9 Å². The lowest BCUT2D eigenvalue weighted by atomic mass is 9.91. The van der Waals surface area contributed by atoms with Crippen molar-refractivity contribution in [3.05, 3.63) is 54.0 Å². The second-order valence-corrected chi connectivity index (χ2v) is 8.42. The average molecular weight is 384 g/mol. The summed E-state index contributed by atoms with van der Waals surface area (Å²) in [6, 6.07) is 5.34. The van der Waals surface area contributed by atoms with Crippen molar-refractivity contribution in [1.29, 1.82) is 0 Å². The molecule has 1 aliphatic heterocycles. The van der Waals surface area contributed by atoms with Crippen LogP contribution in [-0.4, -0.2) is 42.8 Å². The molecule has 150 valence electrons. The molecule has 1 saturated heterocycles. The molecule has 2 aromatic heterocycles. The van der Waals surface area contributed by atoms with Crippen molar-refractivity contribution in [3.8, 4) is 0 Å². The van der Waals surface area contributed by atoms with Crippen LogP contribution >= 0.6 is 0 Å². The molecule has 4 rings (SSSR count). The van der Waals surface area contributed by atoms with Gasteiger partial charge in [0.05, 0.1) is 17.7 Å². The Bertz CT molecular complexity index is 966. The maximum atomic E-state index is 13.8. The maximum absolute atomic E-state index is 13.8. The van der Waals surface area contributed by atoms with Crippen molar-refractivity contribution in [1.82, 2.24) is 19.0 Å². The molecule has 1 fully saturated rings. The quantitative estimate of drug-likeness (QED) is 0.726. The molecule has 1 aromatic carbocycles. The summed E-state index contributed by atoms with van der Waals surface area (Å²) in [5.41, 5.74) is 1.49. The standard InChI is InChI=1S/C22H29FN4O/c1-16(2)27-14-18(20-5-4-19(23)12-21(20)27)13-25-9-6-22(28,7-10-25)15-26-11-8-24-17(26)3/h4-5,8,11-12,14,16,28H,6-7,9-10,13,15H2,1-3H3. The van der Waals surface area contributed by atoms with Crippen molar-refractivity contribution in [2.24, 2.45) is 0 Å². The van der Waals surface area contributed by atoms with E-state index in [0.29, 0.717) is 6.54 Å². The number of aliphatic hydroxyl groups is 1. The van der Waals surface area contributed by atoms with Crippen LogP contribution < -0.4 is 0 Å². The molecular weight excluding hydrogens is 355 g/mol. The number of hydrogen-bond acceptors (Lipinski definition) is 3. The Morgan fingerprint density at radius 1 is 1.25 bits per heavy atom. The van der Waals surface area contributed by atoms with Crippen LogP contribution in [0.3, 0.4) is 0 Å². The van der Waals surface area contributed by atoms with E-state index < -0.39 is 5.60 Å². The Morgan fingerprint density at radius 2 is 2.00 bits per heavy atom. The third kappa shape index (κ3) is 3.71. The maximum Gasteiger partial charge on any atom is 0.125 e. The molecule has 3 aromatic rings. The summed E-state index contributed by atoms with van der Waals surface area (Å²) in [5.74, 6) is 0.737. The van der Waals surface area contributed by atoms with E-state index in [1.165, 1.54) is 5.56 Å². The number of aromatic nitrogens is 3. The van der Waals surface area contributed by atoms with Crippen LogP contribution in [0.5, 0.6) is 0 Å². The highest BCUT2D eigenvalue weighted by atomic mass is 19.1. The van der Waals surface area contributed by atoms with Gasteiger partial charge in [-0.25, -0.2) is 9.37 Å². The Labute approximate surface area is 165 Å². The zero-order valence-corrected chi connectivity index (χ0v) is 16.9. The van der Waals surface area contributed by atoms with E-state index in [1.807, 2.05) is 23.8 Å². The number of fused-ring (bicyclic) bond motifs is 1. The Balaban J connectivity index is 1.47. The smallest absolute Gasteiger partial charge is 0.125 e. The molecule has 0 atom stereocenters. The Morgan fingerprint density at radius 3 is 2.64 bits per heavy atom. The minimum atomic E-state index is -0.684. The average Bonchev–Trinajstić information content (AvgIpc) is 3.20. The van der Waals surface area contributed by atoms with Gasteiger partial charge < -0.3 is 14.2 Å². The molecule has 0 spiro atoms. The van der Waals surface area contributed by atoms with Gasteiger partial charge >= 0.3 is 0 Å². The topological polar surface area (TPSA) is 46.2 Å². The molecule has 0 radical (unpaired) electrons. The third-order valence-electron chi connectivity index (χ3n) is 6.00. The fourth-order valence-electron chi connectivity index (χ4n) is 4.26. The van der Waals surface area contributed by atoms with Crippen molar-refractivity contribution < 1.29 is 9.50 Å². The van der Waals surface area contributed by atoms with E-state index in [2.05, 4.69) is 34.5 Å². The molecular formula is C22H29FN4O. The van der Waals surface area contributed by atoms with Crippen LogP contribution in [0.1, 0.15) is 44.1 Å². The van der Waals surface area contributed by atoms with Crippen molar-refractivity contribution in [2.75, 3.05) is 13.1 Å². The molecule has 5 nitrogen and oxygen atoms in total. The van der Waals surface area contributed by atoms with Gasteiger partial charge in [-0.05, 0) is 57.4 Å². The second-order valence-electron chi connectivity index (χ2n) is 8.42. The summed E-state index contributed by atoms with van der Waals surface area (Å²) in [7, 11) is 0. The van der Waals surface area contributed by atoms with Crippen LogP contribution in [0.2, 0.25) is 0 Å². The van der Waals surface area contributed by atoms with Crippen LogP contribution in [0, 0.1) is 12.7 Å². The van der Waals surface area contributed by atoms with Crippen LogP contribution in [0.4, 0.5) is 4.39 Å². The SMILES string of the molecule is Cc1nccn1CC1(O)CCN(Cc2cn(C(C)C)c3cc(F)ccc23)CC1. The number of piperidine rings is 1. The molecule has 0 bridgehead atoms. The van der Waals surface area contributed by atoms with Gasteiger partial charge in [0.2, 0.25) is 0 Å². The third-order valence-corrected chi connectivity index (χ3v) is 6.00. The van der Waals surface area contributed by atoms with Crippen LogP contribution in [0.25, 0.3) is 10.9 Å². The predicted molar refractivity (Wildman–Crippen MR) is 109 cm³/mol. The number of benzene rings is 1. The molecule has 3 heterocycles. The fraction of sp³-hybridized carbons (Fsp3) is 0.500. The minimum Gasteiger partial charge on any atom is -0.388 e. The summed E-state index contributed by atoms with van der Waals surface area (Å²) >= 11 is 0. The van der Waals surface area contributed by atoms with Gasteiger partial charge in [0.1, 0.15) is 11.6 Å². The van der Waals surface area contributed by atoms with E-state index in [9.17, 15) is 9.50 Å². The number of likely N-dealkylation sites (tertiary alicyclic amines) is 1. The van der Waals surface area contributed by atoms with E-state index in [4.69, 9.17) is 0 Å². The van der Waals surface area contributed by atoms with E-state index in [1.54, 1.807) is 18.3 Å². The Kier molecular flexibility index (Phi) is 5.02. The second kappa shape index (κ2) is 7.33. The number of aryl methyl sites for hydroxylation is 1. The van der Waals surface area contributed by atoms with Gasteiger partial charge in [0.25, 0.3) is 0 Å². The first kappa shape index (κ1) is 19.2.